The molecule has 0 aliphatic heterocycles. The maximum absolute atomic E-state index is 11.0. The number of hydrogen-bond acceptors (Lipinski definition) is 2. The number of rotatable bonds is 24. The molecule has 1 aromatic carbocycles. The molecule has 0 aliphatic rings. The normalized spacial score (nSPS) is 11.4. The number of phenolic OH excluding ortho intramolecular Hbond substituents is 2. The van der Waals surface area contributed by atoms with Gasteiger partial charge in [0.05, 0.1) is 3.57 Å². The minimum atomic E-state index is 0.134. The van der Waals surface area contributed by atoms with Gasteiger partial charge < -0.3 is 10.2 Å². The lowest BCUT2D eigenvalue weighted by Gasteiger charge is -2.20. The van der Waals surface area contributed by atoms with Gasteiger partial charge in [-0.2, -0.15) is 0 Å². The number of hydrogen-bond donors (Lipinski definition) is 2. The molecule has 0 spiro atoms. The standard InChI is InChI=1S/C33H59IO2/c1-4-7-10-13-16-19-22-25-28-29(26-23-20-17-14-11-8-5-2)31(34)33(36)32(35)30(28)27-24-21-18-15-12-9-6-3/h35-36H,4-27H2,1-3H3. The van der Waals surface area contributed by atoms with E-state index in [9.17, 15) is 10.2 Å². The predicted octanol–water partition coefficient (Wildman–Crippen LogP) is 11.6. The summed E-state index contributed by atoms with van der Waals surface area (Å²) in [6, 6.07) is 0. The van der Waals surface area contributed by atoms with Crippen LogP contribution in [-0.4, -0.2) is 10.2 Å². The van der Waals surface area contributed by atoms with Crippen LogP contribution in [0.2, 0.25) is 0 Å². The summed E-state index contributed by atoms with van der Waals surface area (Å²) in [5.41, 5.74) is 3.77. The fourth-order valence-electron chi connectivity index (χ4n) is 5.46. The molecule has 0 aromatic heterocycles. The van der Waals surface area contributed by atoms with E-state index in [0.717, 1.165) is 34.8 Å². The fourth-order valence-corrected chi connectivity index (χ4v) is 6.31. The second-order valence-electron chi connectivity index (χ2n) is 11.1. The maximum atomic E-state index is 11.0. The Labute approximate surface area is 238 Å². The van der Waals surface area contributed by atoms with Gasteiger partial charge >= 0.3 is 0 Å². The molecule has 36 heavy (non-hydrogen) atoms. The first-order valence-corrected chi connectivity index (χ1v) is 16.9. The summed E-state index contributed by atoms with van der Waals surface area (Å²) >= 11 is 2.29. The number of unbranched alkanes of at least 4 members (excludes halogenated alkanes) is 18. The van der Waals surface area contributed by atoms with Crippen LogP contribution in [0.1, 0.15) is 172 Å². The summed E-state index contributed by atoms with van der Waals surface area (Å²) in [6.07, 6.45) is 30.2. The molecular formula is C33H59IO2. The molecule has 1 aromatic rings. The lowest BCUT2D eigenvalue weighted by molar-refractivity contribution is 0.393. The van der Waals surface area contributed by atoms with E-state index in [0.29, 0.717) is 0 Å². The largest absolute Gasteiger partial charge is 0.504 e. The van der Waals surface area contributed by atoms with E-state index in [1.165, 1.54) is 140 Å². The topological polar surface area (TPSA) is 40.5 Å². The smallest absolute Gasteiger partial charge is 0.171 e. The van der Waals surface area contributed by atoms with Gasteiger partial charge in [0, 0.05) is 5.56 Å². The monoisotopic (exact) mass is 614 g/mol. The van der Waals surface area contributed by atoms with Crippen LogP contribution in [0.4, 0.5) is 0 Å². The first-order chi connectivity index (χ1) is 17.6. The van der Waals surface area contributed by atoms with Crippen LogP contribution in [-0.2, 0) is 19.3 Å². The van der Waals surface area contributed by atoms with Crippen LogP contribution in [0, 0.1) is 3.57 Å². The molecule has 0 saturated carbocycles. The fraction of sp³-hybridized carbons (Fsp3) is 0.818. The number of halogens is 1. The Hall–Kier alpha value is -0.450. The SMILES string of the molecule is CCCCCCCCCc1c(O)c(O)c(I)c(CCCCCCCCC)c1CCCCCCCCC. The van der Waals surface area contributed by atoms with Crippen molar-refractivity contribution in [2.75, 3.05) is 0 Å². The first-order valence-electron chi connectivity index (χ1n) is 15.8. The van der Waals surface area contributed by atoms with Gasteiger partial charge in [0.15, 0.2) is 11.5 Å². The van der Waals surface area contributed by atoms with Crippen molar-refractivity contribution in [3.8, 4) is 11.5 Å². The van der Waals surface area contributed by atoms with Gasteiger partial charge in [-0.05, 0) is 72.2 Å². The highest BCUT2D eigenvalue weighted by atomic mass is 127. The van der Waals surface area contributed by atoms with E-state index < -0.39 is 0 Å². The number of aromatic hydroxyl groups is 2. The van der Waals surface area contributed by atoms with E-state index in [1.807, 2.05) is 0 Å². The van der Waals surface area contributed by atoms with Gasteiger partial charge in [0.25, 0.3) is 0 Å². The van der Waals surface area contributed by atoms with E-state index >= 15 is 0 Å². The Bertz CT molecular complexity index is 625. The minimum Gasteiger partial charge on any atom is -0.504 e. The van der Waals surface area contributed by atoms with Gasteiger partial charge in [0.2, 0.25) is 0 Å². The van der Waals surface area contributed by atoms with Crippen molar-refractivity contribution >= 4 is 22.6 Å². The highest BCUT2D eigenvalue weighted by Gasteiger charge is 2.21. The van der Waals surface area contributed by atoms with E-state index in [-0.39, 0.29) is 11.5 Å². The molecule has 0 unspecified atom stereocenters. The van der Waals surface area contributed by atoms with Crippen LogP contribution in [0.3, 0.4) is 0 Å². The van der Waals surface area contributed by atoms with Crippen molar-refractivity contribution < 1.29 is 10.2 Å². The molecule has 3 heteroatoms. The van der Waals surface area contributed by atoms with Crippen LogP contribution in [0.5, 0.6) is 11.5 Å². The third-order valence-electron chi connectivity index (χ3n) is 7.80. The minimum absolute atomic E-state index is 0.134. The lowest BCUT2D eigenvalue weighted by atomic mass is 9.89. The Morgan fingerprint density at radius 1 is 0.389 bits per heavy atom. The molecular weight excluding hydrogens is 555 g/mol. The predicted molar refractivity (Wildman–Crippen MR) is 168 cm³/mol. The van der Waals surface area contributed by atoms with Gasteiger partial charge in [-0.1, -0.05) is 136 Å². The Kier molecular flexibility index (Phi) is 21.0. The highest BCUT2D eigenvalue weighted by molar-refractivity contribution is 14.1. The summed E-state index contributed by atoms with van der Waals surface area (Å²) in [4.78, 5) is 0. The first kappa shape index (κ1) is 33.6. The lowest BCUT2D eigenvalue weighted by Crippen LogP contribution is -2.06. The Balaban J connectivity index is 2.83. The molecule has 0 radical (unpaired) electrons. The van der Waals surface area contributed by atoms with E-state index in [4.69, 9.17) is 0 Å². The Morgan fingerprint density at radius 2 is 0.694 bits per heavy atom. The van der Waals surface area contributed by atoms with Gasteiger partial charge in [-0.25, -0.2) is 0 Å². The molecule has 0 amide bonds. The molecule has 1 rings (SSSR count). The average Bonchev–Trinajstić information content (AvgIpc) is 2.88. The molecule has 0 fully saturated rings. The number of benzene rings is 1. The average molecular weight is 615 g/mol. The van der Waals surface area contributed by atoms with Crippen molar-refractivity contribution in [1.82, 2.24) is 0 Å². The van der Waals surface area contributed by atoms with Gasteiger partial charge in [-0.15, -0.1) is 0 Å². The molecule has 0 aliphatic carbocycles. The van der Waals surface area contributed by atoms with Crippen molar-refractivity contribution in [2.45, 2.75) is 175 Å². The van der Waals surface area contributed by atoms with Gasteiger partial charge in [0.1, 0.15) is 0 Å². The number of phenols is 2. The summed E-state index contributed by atoms with van der Waals surface area (Å²) < 4.78 is 0.900. The third-order valence-corrected chi connectivity index (χ3v) is 8.96. The van der Waals surface area contributed by atoms with Crippen LogP contribution in [0.25, 0.3) is 0 Å². The van der Waals surface area contributed by atoms with Crippen molar-refractivity contribution in [1.29, 1.82) is 0 Å². The molecule has 0 heterocycles. The summed E-state index contributed by atoms with van der Waals surface area (Å²) in [7, 11) is 0. The third kappa shape index (κ3) is 13.9. The van der Waals surface area contributed by atoms with Crippen LogP contribution in [0.15, 0.2) is 0 Å². The van der Waals surface area contributed by atoms with Gasteiger partial charge in [-0.3, -0.25) is 0 Å². The van der Waals surface area contributed by atoms with Crippen molar-refractivity contribution in [3.05, 3.63) is 20.3 Å². The van der Waals surface area contributed by atoms with E-state index in [2.05, 4.69) is 43.4 Å². The quantitative estimate of drug-likeness (QED) is 0.0691. The van der Waals surface area contributed by atoms with Crippen LogP contribution >= 0.6 is 22.6 Å². The summed E-state index contributed by atoms with van der Waals surface area (Å²) in [5.74, 6) is 0.307. The molecule has 0 bridgehead atoms. The van der Waals surface area contributed by atoms with E-state index in [1.54, 1.807) is 0 Å². The van der Waals surface area contributed by atoms with Crippen LogP contribution < -0.4 is 0 Å². The molecule has 2 nitrogen and oxygen atoms in total. The zero-order valence-electron chi connectivity index (χ0n) is 24.2. The highest BCUT2D eigenvalue weighted by Crippen LogP contribution is 2.41. The molecule has 2 N–H and O–H groups in total. The maximum Gasteiger partial charge on any atom is 0.171 e. The summed E-state index contributed by atoms with van der Waals surface area (Å²) in [5, 5.41) is 21.8. The molecule has 0 atom stereocenters. The zero-order valence-corrected chi connectivity index (χ0v) is 26.4. The Morgan fingerprint density at radius 3 is 1.08 bits per heavy atom. The molecule has 210 valence electrons. The summed E-state index contributed by atoms with van der Waals surface area (Å²) in [6.45, 7) is 6.82. The second kappa shape index (κ2) is 22.5. The molecule has 0 saturated heterocycles. The van der Waals surface area contributed by atoms with Crippen molar-refractivity contribution in [3.63, 3.8) is 0 Å². The zero-order chi connectivity index (χ0) is 26.4. The van der Waals surface area contributed by atoms with Crippen molar-refractivity contribution in [2.24, 2.45) is 0 Å². The second-order valence-corrected chi connectivity index (χ2v) is 12.1.